The molecule has 2 heterocycles. The van der Waals surface area contributed by atoms with Gasteiger partial charge in [-0.05, 0) is 97.2 Å². The normalized spacial score (nSPS) is 48.2. The van der Waals surface area contributed by atoms with Crippen LogP contribution in [-0.4, -0.2) is 36.5 Å². The van der Waals surface area contributed by atoms with Crippen molar-refractivity contribution < 1.29 is 27.2 Å². The monoisotopic (exact) mass is 590 g/mol. The molecule has 234 valence electrons. The third-order valence-electron chi connectivity index (χ3n) is 15.1. The first-order valence-corrected chi connectivity index (χ1v) is 16.3. The fraction of sp³-hybridized carbons (Fsp3) is 0.882. The summed E-state index contributed by atoms with van der Waals surface area (Å²) in [7, 11) is 0. The SMILES string of the molecule is CC1(C)CC[C@]2(C(=O)NCC(F)(F)F)CC[C@]3(C)[C@@]4(CO[C@@H]4C[C@@H]4[C@@]5(C)Cc6cnoc6C(C)(C)[C@@H]5CC[C@]43C)[C@@H]2C1. The van der Waals surface area contributed by atoms with Gasteiger partial charge in [-0.15, -0.1) is 0 Å². The minimum atomic E-state index is -4.42. The number of nitrogens with zero attached hydrogens (tertiary/aromatic N) is 1. The van der Waals surface area contributed by atoms with Gasteiger partial charge in [0.1, 0.15) is 12.3 Å². The van der Waals surface area contributed by atoms with E-state index < -0.39 is 18.1 Å². The van der Waals surface area contributed by atoms with Crippen LogP contribution in [0.3, 0.4) is 0 Å². The molecule has 1 amide bonds. The maximum atomic E-state index is 14.0. The Morgan fingerprint density at radius 2 is 1.71 bits per heavy atom. The second-order valence-corrected chi connectivity index (χ2v) is 17.4. The molecule has 1 saturated heterocycles. The number of amides is 1. The molecule has 4 saturated carbocycles. The molecular formula is C34H49F3N2O3. The lowest BCUT2D eigenvalue weighted by Gasteiger charge is -2.81. The Hall–Kier alpha value is -1.57. The van der Waals surface area contributed by atoms with E-state index in [1.807, 2.05) is 6.20 Å². The minimum Gasteiger partial charge on any atom is -0.377 e. The predicted molar refractivity (Wildman–Crippen MR) is 152 cm³/mol. The summed E-state index contributed by atoms with van der Waals surface area (Å²) in [4.78, 5) is 14.0. The second-order valence-electron chi connectivity index (χ2n) is 17.4. The van der Waals surface area contributed by atoms with Gasteiger partial charge in [0, 0.05) is 16.4 Å². The summed E-state index contributed by atoms with van der Waals surface area (Å²) >= 11 is 0. The summed E-state index contributed by atoms with van der Waals surface area (Å²) in [6.45, 7) is 16.1. The molecule has 5 nitrogen and oxygen atoms in total. The van der Waals surface area contributed by atoms with Crippen LogP contribution >= 0.6 is 0 Å². The first-order chi connectivity index (χ1) is 19.4. The van der Waals surface area contributed by atoms with Gasteiger partial charge in [-0.3, -0.25) is 4.79 Å². The van der Waals surface area contributed by atoms with Crippen molar-refractivity contribution in [2.75, 3.05) is 13.2 Å². The Balaban J connectivity index is 1.32. The van der Waals surface area contributed by atoms with E-state index in [-0.39, 0.29) is 50.4 Å². The molecule has 1 aliphatic heterocycles. The Morgan fingerprint density at radius 1 is 1.00 bits per heavy atom. The molecule has 0 radical (unpaired) electrons. The number of ether oxygens (including phenoxy) is 1. The number of fused-ring (bicyclic) bond motifs is 6. The lowest BCUT2D eigenvalue weighted by molar-refractivity contribution is -0.384. The summed E-state index contributed by atoms with van der Waals surface area (Å²) in [6, 6.07) is 0. The van der Waals surface area contributed by atoms with Crippen molar-refractivity contribution in [3.8, 4) is 0 Å². The van der Waals surface area contributed by atoms with Crippen molar-refractivity contribution in [2.45, 2.75) is 124 Å². The summed E-state index contributed by atoms with van der Waals surface area (Å²) in [5.74, 6) is 1.57. The van der Waals surface area contributed by atoms with E-state index in [9.17, 15) is 18.0 Å². The van der Waals surface area contributed by atoms with Crippen molar-refractivity contribution in [3.63, 3.8) is 0 Å². The largest absolute Gasteiger partial charge is 0.405 e. The third-order valence-corrected chi connectivity index (χ3v) is 15.1. The number of aromatic nitrogens is 1. The number of alkyl halides is 3. The van der Waals surface area contributed by atoms with Crippen molar-refractivity contribution in [3.05, 3.63) is 17.5 Å². The molecule has 0 bridgehead atoms. The first-order valence-electron chi connectivity index (χ1n) is 16.3. The van der Waals surface area contributed by atoms with E-state index in [4.69, 9.17) is 9.26 Å². The molecular weight excluding hydrogens is 541 g/mol. The van der Waals surface area contributed by atoms with Crippen LogP contribution in [0.1, 0.15) is 111 Å². The molecule has 1 spiro atoms. The van der Waals surface area contributed by atoms with Crippen molar-refractivity contribution in [2.24, 2.45) is 50.2 Å². The van der Waals surface area contributed by atoms with Crippen LogP contribution < -0.4 is 5.32 Å². The molecule has 8 heteroatoms. The zero-order chi connectivity index (χ0) is 30.4. The maximum Gasteiger partial charge on any atom is 0.405 e. The fourth-order valence-corrected chi connectivity index (χ4v) is 12.9. The van der Waals surface area contributed by atoms with E-state index in [2.05, 4.69) is 58.9 Å². The molecule has 42 heavy (non-hydrogen) atoms. The molecule has 1 aromatic heterocycles. The average Bonchev–Trinajstić information content (AvgIpc) is 3.33. The second kappa shape index (κ2) is 8.37. The van der Waals surface area contributed by atoms with E-state index in [0.29, 0.717) is 31.3 Å². The highest BCUT2D eigenvalue weighted by Crippen LogP contribution is 2.82. The van der Waals surface area contributed by atoms with Gasteiger partial charge in [0.15, 0.2) is 0 Å². The van der Waals surface area contributed by atoms with Crippen LogP contribution in [0.5, 0.6) is 0 Å². The molecule has 1 N–H and O–H groups in total. The lowest BCUT2D eigenvalue weighted by Crippen LogP contribution is -2.80. The number of carbonyl (C=O) groups is 1. The molecule has 0 aromatic carbocycles. The average molecular weight is 591 g/mol. The van der Waals surface area contributed by atoms with Crippen LogP contribution in [0.2, 0.25) is 0 Å². The number of halogens is 3. The number of rotatable bonds is 2. The van der Waals surface area contributed by atoms with Crippen LogP contribution in [-0.2, 0) is 21.4 Å². The Labute approximate surface area is 248 Å². The highest BCUT2D eigenvalue weighted by Gasteiger charge is 2.81. The van der Waals surface area contributed by atoms with E-state index >= 15 is 0 Å². The highest BCUT2D eigenvalue weighted by molar-refractivity contribution is 5.83. The summed E-state index contributed by atoms with van der Waals surface area (Å²) < 4.78 is 52.3. The van der Waals surface area contributed by atoms with Crippen molar-refractivity contribution in [1.29, 1.82) is 0 Å². The van der Waals surface area contributed by atoms with Gasteiger partial charge in [-0.2, -0.15) is 13.2 Å². The van der Waals surface area contributed by atoms with Gasteiger partial charge < -0.3 is 14.6 Å². The van der Waals surface area contributed by atoms with Gasteiger partial charge in [-0.25, -0.2) is 0 Å². The Morgan fingerprint density at radius 3 is 2.38 bits per heavy atom. The minimum absolute atomic E-state index is 0.00950. The molecule has 7 rings (SSSR count). The van der Waals surface area contributed by atoms with Gasteiger partial charge in [0.05, 0.1) is 24.3 Å². The summed E-state index contributed by atoms with van der Waals surface area (Å²) in [5, 5.41) is 6.61. The molecule has 0 unspecified atom stereocenters. The zero-order valence-electron chi connectivity index (χ0n) is 26.5. The van der Waals surface area contributed by atoms with Crippen molar-refractivity contribution >= 4 is 5.91 Å². The van der Waals surface area contributed by atoms with Crippen LogP contribution in [0.4, 0.5) is 13.2 Å². The molecule has 6 aliphatic rings. The van der Waals surface area contributed by atoms with Gasteiger partial charge in [-0.1, -0.05) is 53.6 Å². The zero-order valence-corrected chi connectivity index (χ0v) is 26.5. The molecule has 1 aromatic rings. The number of carbonyl (C=O) groups excluding carboxylic acids is 1. The third kappa shape index (κ3) is 3.37. The first kappa shape index (κ1) is 29.2. The van der Waals surface area contributed by atoms with E-state index in [1.54, 1.807) is 0 Å². The number of nitrogens with one attached hydrogen (secondary N) is 1. The highest BCUT2D eigenvalue weighted by atomic mass is 19.4. The summed E-state index contributed by atoms with van der Waals surface area (Å²) in [5.41, 5.74) is 0.179. The van der Waals surface area contributed by atoms with Gasteiger partial charge >= 0.3 is 6.18 Å². The molecule has 5 aliphatic carbocycles. The van der Waals surface area contributed by atoms with E-state index in [0.717, 1.165) is 50.7 Å². The Bertz CT molecular complexity index is 1300. The topological polar surface area (TPSA) is 64.4 Å². The fourth-order valence-electron chi connectivity index (χ4n) is 12.9. The van der Waals surface area contributed by atoms with E-state index in [1.165, 1.54) is 5.56 Å². The standard InChI is InChI=1S/C34H49F3N2O3/c1-27(2)10-12-32(26(40)38-18-34(35,36)37)13-11-31(7)30(6)9-8-21-28(3,4)25-20(17-39-42-25)15-29(21,5)22(30)14-24-33(31,19-41-24)23(32)16-27/h17,21-24H,8-16,18-19H2,1-7H3,(H,38,40)/t21-,22+,23+,24+,29-,30+,31-,32-,33-/m0/s1. The Kier molecular flexibility index (Phi) is 5.81. The van der Waals surface area contributed by atoms with Crippen LogP contribution in [0.25, 0.3) is 0 Å². The smallest absolute Gasteiger partial charge is 0.377 e. The van der Waals surface area contributed by atoms with Gasteiger partial charge in [0.25, 0.3) is 0 Å². The number of hydrogen-bond donors (Lipinski definition) is 1. The molecule has 9 atom stereocenters. The predicted octanol–water partition coefficient (Wildman–Crippen LogP) is 7.63. The maximum absolute atomic E-state index is 14.0. The van der Waals surface area contributed by atoms with Crippen LogP contribution in [0, 0.1) is 50.2 Å². The molecule has 5 fully saturated rings. The number of hydrogen-bond acceptors (Lipinski definition) is 4. The quantitative estimate of drug-likeness (QED) is 0.385. The summed E-state index contributed by atoms with van der Waals surface area (Å²) in [6.07, 6.45) is 5.56. The lowest BCUT2D eigenvalue weighted by atomic mass is 9.26. The van der Waals surface area contributed by atoms with Gasteiger partial charge in [0.2, 0.25) is 5.91 Å². The van der Waals surface area contributed by atoms with Crippen molar-refractivity contribution in [1.82, 2.24) is 10.5 Å². The van der Waals surface area contributed by atoms with Crippen LogP contribution in [0.15, 0.2) is 10.7 Å².